The Kier molecular flexibility index (Phi) is 4.06. The fourth-order valence-electron chi connectivity index (χ4n) is 3.11. The maximum Gasteiger partial charge on any atom is 0.231 e. The molecule has 1 heterocycles. The number of benzene rings is 1. The highest BCUT2D eigenvalue weighted by Crippen LogP contribution is 2.32. The molecule has 1 unspecified atom stereocenters. The van der Waals surface area contributed by atoms with E-state index < -0.39 is 0 Å². The van der Waals surface area contributed by atoms with Crippen LogP contribution in [0.15, 0.2) is 24.3 Å². The maximum atomic E-state index is 12.9. The van der Waals surface area contributed by atoms with E-state index in [0.717, 1.165) is 38.5 Å². The van der Waals surface area contributed by atoms with Crippen molar-refractivity contribution in [3.8, 4) is 0 Å². The molecule has 1 aromatic rings. The summed E-state index contributed by atoms with van der Waals surface area (Å²) in [6.45, 7) is 5.68. The molecule has 1 fully saturated rings. The summed E-state index contributed by atoms with van der Waals surface area (Å²) in [5.41, 5.74) is 2.51. The molecule has 1 N–H and O–H groups in total. The second-order valence-electron chi connectivity index (χ2n) is 6.11. The smallest absolute Gasteiger partial charge is 0.231 e. The first kappa shape index (κ1) is 13.6. The minimum Gasteiger partial charge on any atom is -0.342 e. The van der Waals surface area contributed by atoms with E-state index in [2.05, 4.69) is 41.4 Å². The molecular formula is C17H24N2O. The number of nitrogens with one attached hydrogen (secondary N) is 1. The van der Waals surface area contributed by atoms with Gasteiger partial charge in [-0.25, -0.2) is 0 Å². The van der Waals surface area contributed by atoms with E-state index in [1.165, 1.54) is 24.0 Å². The molecule has 1 aliphatic heterocycles. The highest BCUT2D eigenvalue weighted by Gasteiger charge is 2.32. The van der Waals surface area contributed by atoms with E-state index in [1.54, 1.807) is 0 Å². The summed E-state index contributed by atoms with van der Waals surface area (Å²) in [5, 5.41) is 3.39. The molecule has 1 aromatic carbocycles. The van der Waals surface area contributed by atoms with Crippen LogP contribution in [-0.4, -0.2) is 30.4 Å². The fourth-order valence-corrected chi connectivity index (χ4v) is 3.11. The van der Waals surface area contributed by atoms with Gasteiger partial charge in [0.2, 0.25) is 5.91 Å². The number of carbonyl (C=O) groups excluding carboxylic acids is 1. The van der Waals surface area contributed by atoms with Crippen molar-refractivity contribution in [2.45, 2.75) is 38.6 Å². The molecule has 2 aliphatic rings. The lowest BCUT2D eigenvalue weighted by Gasteiger charge is -2.31. The van der Waals surface area contributed by atoms with Crippen molar-refractivity contribution in [1.29, 1.82) is 0 Å². The van der Waals surface area contributed by atoms with Gasteiger partial charge in [-0.05, 0) is 36.3 Å². The van der Waals surface area contributed by atoms with Crippen LogP contribution in [0.1, 0.15) is 43.2 Å². The average Bonchev–Trinajstić information content (AvgIpc) is 3.29. The number of fused-ring (bicyclic) bond motifs is 1. The molecule has 0 spiro atoms. The Hall–Kier alpha value is -1.35. The Balaban J connectivity index is 1.78. The molecule has 3 heteroatoms. The maximum absolute atomic E-state index is 12.9. The Morgan fingerprint density at radius 2 is 2.15 bits per heavy atom. The molecule has 1 aliphatic carbocycles. The molecule has 3 nitrogen and oxygen atoms in total. The molecule has 0 radical (unpaired) electrons. The predicted molar refractivity (Wildman–Crippen MR) is 80.5 cm³/mol. The lowest BCUT2D eigenvalue weighted by atomic mass is 9.89. The van der Waals surface area contributed by atoms with Crippen molar-refractivity contribution in [3.05, 3.63) is 35.4 Å². The number of carbonyl (C=O) groups is 1. The molecule has 0 aromatic heterocycles. The molecule has 1 atom stereocenters. The van der Waals surface area contributed by atoms with Crippen LogP contribution in [0, 0.1) is 5.92 Å². The van der Waals surface area contributed by atoms with Gasteiger partial charge in [-0.1, -0.05) is 31.2 Å². The van der Waals surface area contributed by atoms with Gasteiger partial charge in [-0.15, -0.1) is 0 Å². The number of nitrogens with zero attached hydrogens (tertiary/aromatic N) is 1. The summed E-state index contributed by atoms with van der Waals surface area (Å²) >= 11 is 0. The summed E-state index contributed by atoms with van der Waals surface area (Å²) in [6.07, 6.45) is 3.64. The Labute approximate surface area is 121 Å². The van der Waals surface area contributed by atoms with E-state index in [9.17, 15) is 4.79 Å². The van der Waals surface area contributed by atoms with Crippen LogP contribution in [0.5, 0.6) is 0 Å². The molecule has 1 saturated carbocycles. The summed E-state index contributed by atoms with van der Waals surface area (Å²) in [6, 6.07) is 8.36. The summed E-state index contributed by atoms with van der Waals surface area (Å²) < 4.78 is 0. The minimum absolute atomic E-state index is 0.00486. The van der Waals surface area contributed by atoms with Gasteiger partial charge >= 0.3 is 0 Å². The fraction of sp³-hybridized carbons (Fsp3) is 0.588. The van der Waals surface area contributed by atoms with Gasteiger partial charge in [0.05, 0.1) is 5.92 Å². The molecular weight excluding hydrogens is 248 g/mol. The minimum atomic E-state index is 0.00486. The van der Waals surface area contributed by atoms with Crippen LogP contribution in [0.4, 0.5) is 0 Å². The topological polar surface area (TPSA) is 32.3 Å². The zero-order chi connectivity index (χ0) is 13.9. The third-order valence-electron chi connectivity index (χ3n) is 4.37. The first-order chi connectivity index (χ1) is 9.79. The lowest BCUT2D eigenvalue weighted by molar-refractivity contribution is -0.133. The largest absolute Gasteiger partial charge is 0.342 e. The number of amides is 1. The monoisotopic (exact) mass is 272 g/mol. The Morgan fingerprint density at radius 1 is 1.35 bits per heavy atom. The molecule has 108 valence electrons. The second-order valence-corrected chi connectivity index (χ2v) is 6.11. The second kappa shape index (κ2) is 5.96. The third kappa shape index (κ3) is 2.88. The zero-order valence-corrected chi connectivity index (χ0v) is 12.3. The van der Waals surface area contributed by atoms with Crippen molar-refractivity contribution in [2.24, 2.45) is 5.92 Å². The van der Waals surface area contributed by atoms with Gasteiger partial charge in [-0.2, -0.15) is 0 Å². The summed E-state index contributed by atoms with van der Waals surface area (Å²) in [7, 11) is 0. The summed E-state index contributed by atoms with van der Waals surface area (Å²) in [4.78, 5) is 15.0. The predicted octanol–water partition coefficient (Wildman–Crippen LogP) is 2.52. The number of rotatable bonds is 5. The summed E-state index contributed by atoms with van der Waals surface area (Å²) in [5.74, 6) is 1.08. The first-order valence-corrected chi connectivity index (χ1v) is 7.87. The number of hydrogen-bond donors (Lipinski definition) is 1. The average molecular weight is 272 g/mol. The zero-order valence-electron chi connectivity index (χ0n) is 12.3. The van der Waals surface area contributed by atoms with Crippen molar-refractivity contribution in [1.82, 2.24) is 10.2 Å². The van der Waals surface area contributed by atoms with Crippen molar-refractivity contribution in [2.75, 3.05) is 19.6 Å². The van der Waals surface area contributed by atoms with Crippen molar-refractivity contribution >= 4 is 5.91 Å². The van der Waals surface area contributed by atoms with Crippen LogP contribution >= 0.6 is 0 Å². The van der Waals surface area contributed by atoms with E-state index in [4.69, 9.17) is 0 Å². The molecule has 1 amide bonds. The van der Waals surface area contributed by atoms with E-state index in [1.807, 2.05) is 0 Å². The van der Waals surface area contributed by atoms with Crippen LogP contribution in [-0.2, 0) is 11.3 Å². The quantitative estimate of drug-likeness (QED) is 0.893. The number of hydrogen-bond acceptors (Lipinski definition) is 2. The van der Waals surface area contributed by atoms with Gasteiger partial charge in [0.1, 0.15) is 0 Å². The molecule has 0 bridgehead atoms. The normalized spacial score (nSPS) is 21.4. The lowest BCUT2D eigenvalue weighted by Crippen LogP contribution is -2.42. The van der Waals surface area contributed by atoms with Crippen LogP contribution in [0.25, 0.3) is 0 Å². The van der Waals surface area contributed by atoms with Gasteiger partial charge < -0.3 is 10.2 Å². The van der Waals surface area contributed by atoms with Crippen molar-refractivity contribution in [3.63, 3.8) is 0 Å². The third-order valence-corrected chi connectivity index (χ3v) is 4.37. The first-order valence-electron chi connectivity index (χ1n) is 7.87. The highest BCUT2D eigenvalue weighted by atomic mass is 16.2. The Bertz CT molecular complexity index is 482. The standard InChI is InChI=1S/C17H24N2O/c1-2-9-19(12-13-7-8-13)17(20)16-11-18-10-14-5-3-4-6-15(14)16/h3-6,13,16,18H,2,7-12H2,1H3. The van der Waals surface area contributed by atoms with Gasteiger partial charge in [0.15, 0.2) is 0 Å². The van der Waals surface area contributed by atoms with Gasteiger partial charge in [-0.3, -0.25) is 4.79 Å². The molecule has 20 heavy (non-hydrogen) atoms. The van der Waals surface area contributed by atoms with Crippen LogP contribution in [0.3, 0.4) is 0 Å². The van der Waals surface area contributed by atoms with Crippen molar-refractivity contribution < 1.29 is 4.79 Å². The van der Waals surface area contributed by atoms with E-state index in [0.29, 0.717) is 5.91 Å². The van der Waals surface area contributed by atoms with Gasteiger partial charge in [0, 0.05) is 26.2 Å². The van der Waals surface area contributed by atoms with E-state index >= 15 is 0 Å². The molecule has 3 rings (SSSR count). The van der Waals surface area contributed by atoms with Gasteiger partial charge in [0.25, 0.3) is 0 Å². The Morgan fingerprint density at radius 3 is 2.90 bits per heavy atom. The molecule has 0 saturated heterocycles. The van der Waals surface area contributed by atoms with Crippen LogP contribution < -0.4 is 5.32 Å². The van der Waals surface area contributed by atoms with Crippen LogP contribution in [0.2, 0.25) is 0 Å². The highest BCUT2D eigenvalue weighted by molar-refractivity contribution is 5.84. The van der Waals surface area contributed by atoms with E-state index in [-0.39, 0.29) is 5.92 Å². The SMILES string of the molecule is CCCN(CC1CC1)C(=O)C1CNCc2ccccc21.